The largest absolute Gasteiger partial charge is 0.437 e. The molecule has 0 radical (unpaired) electrons. The second-order valence-electron chi connectivity index (χ2n) is 4.14. The van der Waals surface area contributed by atoms with Gasteiger partial charge in [0, 0.05) is 12.0 Å². The fraction of sp³-hybridized carbons (Fsp3) is 0.286. The van der Waals surface area contributed by atoms with Gasteiger partial charge in [0.25, 0.3) is 0 Å². The van der Waals surface area contributed by atoms with Crippen LogP contribution in [0.25, 0.3) is 0 Å². The Morgan fingerprint density at radius 3 is 2.68 bits per heavy atom. The molecule has 0 atom stereocenters. The summed E-state index contributed by atoms with van der Waals surface area (Å²) < 4.78 is 6.90. The fourth-order valence-corrected chi connectivity index (χ4v) is 2.25. The summed E-state index contributed by atoms with van der Waals surface area (Å²) in [6.45, 7) is 3.95. The van der Waals surface area contributed by atoms with E-state index in [0.29, 0.717) is 11.0 Å². The maximum Gasteiger partial charge on any atom is 0.227 e. The first kappa shape index (κ1) is 14.5. The Bertz CT molecular complexity index is 590. The van der Waals surface area contributed by atoms with Crippen molar-refractivity contribution in [2.75, 3.05) is 0 Å². The molecule has 1 aromatic carbocycles. The van der Waals surface area contributed by atoms with E-state index in [0.717, 1.165) is 33.5 Å². The summed E-state index contributed by atoms with van der Waals surface area (Å²) in [4.78, 5) is 8.70. The molecule has 1 aromatic heterocycles. The van der Waals surface area contributed by atoms with E-state index < -0.39 is 0 Å². The van der Waals surface area contributed by atoms with Crippen LogP contribution in [-0.2, 0) is 6.42 Å². The monoisotopic (exact) mass is 388 g/mol. The van der Waals surface area contributed by atoms with Crippen LogP contribution in [0, 0.1) is 10.5 Å². The van der Waals surface area contributed by atoms with Crippen LogP contribution in [-0.4, -0.2) is 9.97 Å². The van der Waals surface area contributed by atoms with Crippen LogP contribution in [0.1, 0.15) is 24.7 Å². The summed E-state index contributed by atoms with van der Waals surface area (Å²) in [6.07, 6.45) is 1.77. The van der Waals surface area contributed by atoms with E-state index >= 15 is 0 Å². The highest BCUT2D eigenvalue weighted by Gasteiger charge is 2.12. The van der Waals surface area contributed by atoms with Crippen molar-refractivity contribution in [2.24, 2.45) is 0 Å². The first-order valence-corrected chi connectivity index (χ1v) is 7.53. The third-order valence-corrected chi connectivity index (χ3v) is 3.86. The maximum absolute atomic E-state index is 6.13. The van der Waals surface area contributed by atoms with Crippen molar-refractivity contribution in [3.63, 3.8) is 0 Å². The van der Waals surface area contributed by atoms with Gasteiger partial charge in [0.05, 0.1) is 3.57 Å². The van der Waals surface area contributed by atoms with Gasteiger partial charge in [-0.2, -0.15) is 4.98 Å². The highest BCUT2D eigenvalue weighted by molar-refractivity contribution is 14.1. The van der Waals surface area contributed by atoms with Crippen molar-refractivity contribution in [1.82, 2.24) is 9.97 Å². The normalized spacial score (nSPS) is 10.5. The first-order chi connectivity index (χ1) is 9.11. The number of hydrogen-bond acceptors (Lipinski definition) is 3. The zero-order chi connectivity index (χ0) is 13.8. The Hall–Kier alpha value is -0.880. The number of aryl methyl sites for hydroxylation is 1. The van der Waals surface area contributed by atoms with E-state index in [1.807, 2.05) is 31.2 Å². The minimum absolute atomic E-state index is 0.458. The first-order valence-electron chi connectivity index (χ1n) is 6.07. The molecule has 19 heavy (non-hydrogen) atoms. The highest BCUT2D eigenvalue weighted by atomic mass is 127. The van der Waals surface area contributed by atoms with Gasteiger partial charge < -0.3 is 4.74 Å². The Kier molecular flexibility index (Phi) is 4.99. The lowest BCUT2D eigenvalue weighted by Gasteiger charge is -2.11. The Labute approximate surface area is 131 Å². The standard InChI is InChI=1S/C14H14ClIN2O/c1-3-6-12-17-13(15)9(2)14(18-12)19-11-8-5-4-7-10(11)16/h4-5,7-8H,3,6H2,1-2H3. The molecule has 0 saturated heterocycles. The van der Waals surface area contributed by atoms with Gasteiger partial charge in [0.2, 0.25) is 5.88 Å². The molecule has 0 spiro atoms. The molecule has 0 amide bonds. The molecule has 0 bridgehead atoms. The minimum Gasteiger partial charge on any atom is -0.437 e. The number of nitrogens with zero attached hydrogens (tertiary/aromatic N) is 2. The van der Waals surface area contributed by atoms with Crippen molar-refractivity contribution >= 4 is 34.2 Å². The SMILES string of the molecule is CCCc1nc(Cl)c(C)c(Oc2ccccc2I)n1. The molecule has 100 valence electrons. The van der Waals surface area contributed by atoms with Gasteiger partial charge in [-0.25, -0.2) is 4.98 Å². The topological polar surface area (TPSA) is 35.0 Å². The van der Waals surface area contributed by atoms with E-state index in [-0.39, 0.29) is 0 Å². The van der Waals surface area contributed by atoms with Gasteiger partial charge in [0.15, 0.2) is 0 Å². The van der Waals surface area contributed by atoms with Crippen molar-refractivity contribution in [3.05, 3.63) is 44.4 Å². The predicted molar refractivity (Wildman–Crippen MR) is 85.0 cm³/mol. The number of para-hydroxylation sites is 1. The third kappa shape index (κ3) is 3.57. The van der Waals surface area contributed by atoms with Crippen molar-refractivity contribution in [3.8, 4) is 11.6 Å². The maximum atomic E-state index is 6.13. The minimum atomic E-state index is 0.458. The Morgan fingerprint density at radius 2 is 2.00 bits per heavy atom. The number of benzene rings is 1. The van der Waals surface area contributed by atoms with Crippen LogP contribution in [0.4, 0.5) is 0 Å². The van der Waals surface area contributed by atoms with E-state index in [2.05, 4.69) is 39.5 Å². The average molecular weight is 389 g/mol. The smallest absolute Gasteiger partial charge is 0.227 e. The number of ether oxygens (including phenoxy) is 1. The lowest BCUT2D eigenvalue weighted by atomic mass is 10.3. The molecule has 0 aliphatic carbocycles. The van der Waals surface area contributed by atoms with Crippen LogP contribution in [0.3, 0.4) is 0 Å². The van der Waals surface area contributed by atoms with Gasteiger partial charge >= 0.3 is 0 Å². The zero-order valence-electron chi connectivity index (χ0n) is 10.8. The molecule has 5 heteroatoms. The summed E-state index contributed by atoms with van der Waals surface area (Å²) in [5.74, 6) is 2.04. The number of rotatable bonds is 4. The molecular weight excluding hydrogens is 375 g/mol. The van der Waals surface area contributed by atoms with Gasteiger partial charge in [-0.1, -0.05) is 30.7 Å². The zero-order valence-corrected chi connectivity index (χ0v) is 13.7. The van der Waals surface area contributed by atoms with Crippen molar-refractivity contribution in [2.45, 2.75) is 26.7 Å². The van der Waals surface area contributed by atoms with Crippen LogP contribution in [0.2, 0.25) is 5.15 Å². The Morgan fingerprint density at radius 1 is 1.26 bits per heavy atom. The lowest BCUT2D eigenvalue weighted by Crippen LogP contribution is -2.01. The predicted octanol–water partition coefficient (Wildman–Crippen LogP) is 4.79. The summed E-state index contributed by atoms with van der Waals surface area (Å²) in [5.41, 5.74) is 0.765. The second kappa shape index (κ2) is 6.52. The molecule has 2 rings (SSSR count). The van der Waals surface area contributed by atoms with Crippen LogP contribution in [0.5, 0.6) is 11.6 Å². The quantitative estimate of drug-likeness (QED) is 0.558. The second-order valence-corrected chi connectivity index (χ2v) is 5.66. The van der Waals surface area contributed by atoms with Gasteiger partial charge in [-0.05, 0) is 48.1 Å². The average Bonchev–Trinajstić information content (AvgIpc) is 2.38. The van der Waals surface area contributed by atoms with Crippen molar-refractivity contribution in [1.29, 1.82) is 0 Å². The van der Waals surface area contributed by atoms with Crippen LogP contribution in [0.15, 0.2) is 24.3 Å². The summed E-state index contributed by atoms with van der Waals surface area (Å²) in [5, 5.41) is 0.458. The van der Waals surface area contributed by atoms with E-state index in [4.69, 9.17) is 16.3 Å². The molecule has 0 unspecified atom stereocenters. The van der Waals surface area contributed by atoms with Crippen LogP contribution >= 0.6 is 34.2 Å². The third-order valence-electron chi connectivity index (χ3n) is 2.60. The molecule has 0 N–H and O–H groups in total. The molecule has 0 aliphatic rings. The number of hydrogen-bond donors (Lipinski definition) is 0. The highest BCUT2D eigenvalue weighted by Crippen LogP contribution is 2.29. The summed E-state index contributed by atoms with van der Waals surface area (Å²) >= 11 is 8.36. The van der Waals surface area contributed by atoms with E-state index in [9.17, 15) is 0 Å². The molecular formula is C14H14ClIN2O. The fourth-order valence-electron chi connectivity index (χ4n) is 1.58. The molecule has 0 aliphatic heterocycles. The molecule has 1 heterocycles. The van der Waals surface area contributed by atoms with Crippen LogP contribution < -0.4 is 4.74 Å². The summed E-state index contributed by atoms with van der Waals surface area (Å²) in [6, 6.07) is 7.80. The molecule has 0 fully saturated rings. The molecule has 2 aromatic rings. The lowest BCUT2D eigenvalue weighted by molar-refractivity contribution is 0.451. The van der Waals surface area contributed by atoms with Gasteiger partial charge in [-0.15, -0.1) is 0 Å². The molecule has 0 saturated carbocycles. The van der Waals surface area contributed by atoms with Gasteiger partial charge in [-0.3, -0.25) is 0 Å². The Balaban J connectivity index is 2.36. The van der Waals surface area contributed by atoms with E-state index in [1.165, 1.54) is 0 Å². The van der Waals surface area contributed by atoms with Crippen molar-refractivity contribution < 1.29 is 4.74 Å². The summed E-state index contributed by atoms with van der Waals surface area (Å²) in [7, 11) is 0. The molecule has 3 nitrogen and oxygen atoms in total. The van der Waals surface area contributed by atoms with Gasteiger partial charge in [0.1, 0.15) is 16.7 Å². The van der Waals surface area contributed by atoms with E-state index in [1.54, 1.807) is 0 Å². The number of aromatic nitrogens is 2. The number of halogens is 2.